The Morgan fingerprint density at radius 3 is 2.29 bits per heavy atom. The van der Waals surface area contributed by atoms with E-state index in [-0.39, 0.29) is 35.8 Å². The van der Waals surface area contributed by atoms with Gasteiger partial charge in [-0.2, -0.15) is 13.2 Å². The number of ketones is 2. The van der Waals surface area contributed by atoms with Crippen LogP contribution >= 0.6 is 0 Å². The first-order valence-corrected chi connectivity index (χ1v) is 11.7. The van der Waals surface area contributed by atoms with Crippen LogP contribution in [0, 0.1) is 23.6 Å². The molecule has 2 atom stereocenters. The number of carbonyl (C=O) groups is 2. The average Bonchev–Trinajstić information content (AvgIpc) is 2.78. The van der Waals surface area contributed by atoms with Crippen LogP contribution in [0.2, 0.25) is 0 Å². The van der Waals surface area contributed by atoms with E-state index in [0.29, 0.717) is 16.5 Å². The van der Waals surface area contributed by atoms with E-state index in [1.807, 2.05) is 0 Å². The van der Waals surface area contributed by atoms with E-state index >= 15 is 0 Å². The number of Topliss-reactive ketones (excluding diaryl/α,β-unsaturated/α-hetero) is 1. The minimum absolute atomic E-state index is 0.0900. The maximum absolute atomic E-state index is 13.9. The quantitative estimate of drug-likeness (QED) is 0.306. The van der Waals surface area contributed by atoms with Crippen LogP contribution in [-0.2, 0) is 11.2 Å². The molecule has 3 heterocycles. The molecule has 2 aromatic carbocycles. The summed E-state index contributed by atoms with van der Waals surface area (Å²) >= 11 is 0. The average molecular weight is 472 g/mol. The standard InChI is InChI=1S/C26H27BF4NO2/c27-32-11-9-17(10-12-32)20(16-32)13-21(26(29,30)31)15-23(33)14-19-3-1-2-4-24(19)25(34)18-5-7-22(28)8-6-18/h1-8,17,20-21H,9-16H2/t17?,20-,21+,32?/m1/s1. The second-order valence-electron chi connectivity index (χ2n) is 9.83. The topological polar surface area (TPSA) is 34.1 Å². The SMILES string of the molecule is [B-][N+]12CCC(CC1)[C@H](C[C@@H](CC(=O)Cc1ccccc1C(=O)c1ccc(F)cc1)C(F)(F)F)C2. The molecule has 0 aromatic heterocycles. The highest BCUT2D eigenvalue weighted by Crippen LogP contribution is 2.43. The molecule has 0 aliphatic carbocycles. The first kappa shape index (κ1) is 24.6. The van der Waals surface area contributed by atoms with Crippen LogP contribution in [0.25, 0.3) is 0 Å². The van der Waals surface area contributed by atoms with E-state index in [2.05, 4.69) is 0 Å². The Labute approximate surface area is 198 Å². The Bertz CT molecular complexity index is 1050. The summed E-state index contributed by atoms with van der Waals surface area (Å²) in [5.41, 5.74) is 0.852. The highest BCUT2D eigenvalue weighted by Gasteiger charge is 2.46. The van der Waals surface area contributed by atoms with Gasteiger partial charge >= 0.3 is 6.18 Å². The van der Waals surface area contributed by atoms with Crippen LogP contribution in [0.3, 0.4) is 0 Å². The third-order valence-corrected chi connectivity index (χ3v) is 7.44. The maximum Gasteiger partial charge on any atom is 0.392 e. The van der Waals surface area contributed by atoms with Crippen molar-refractivity contribution in [2.45, 2.75) is 38.3 Å². The van der Waals surface area contributed by atoms with Crippen LogP contribution in [0.5, 0.6) is 0 Å². The van der Waals surface area contributed by atoms with E-state index in [0.717, 1.165) is 38.1 Å². The van der Waals surface area contributed by atoms with Crippen molar-refractivity contribution in [1.29, 1.82) is 0 Å². The number of hydrogen-bond acceptors (Lipinski definition) is 2. The molecule has 3 fully saturated rings. The van der Waals surface area contributed by atoms with Crippen molar-refractivity contribution in [3.63, 3.8) is 0 Å². The zero-order chi connectivity index (χ0) is 24.5. The van der Waals surface area contributed by atoms with E-state index in [4.69, 9.17) is 7.98 Å². The molecule has 0 spiro atoms. The smallest absolute Gasteiger partial charge is 0.392 e. The summed E-state index contributed by atoms with van der Waals surface area (Å²) in [5.74, 6) is -3.07. The van der Waals surface area contributed by atoms with Gasteiger partial charge in [0.05, 0.1) is 5.92 Å². The first-order chi connectivity index (χ1) is 16.0. The minimum atomic E-state index is -4.48. The van der Waals surface area contributed by atoms with Gasteiger partial charge in [-0.15, -0.1) is 0 Å². The van der Waals surface area contributed by atoms with Crippen LogP contribution in [0.15, 0.2) is 48.5 Å². The molecule has 179 valence electrons. The van der Waals surface area contributed by atoms with Gasteiger partial charge in [-0.25, -0.2) is 12.4 Å². The van der Waals surface area contributed by atoms with Crippen molar-refractivity contribution in [2.24, 2.45) is 17.8 Å². The van der Waals surface area contributed by atoms with E-state index < -0.39 is 35.9 Å². The molecule has 2 bridgehead atoms. The number of carbonyl (C=O) groups excluding carboxylic acids is 2. The number of rotatable bonds is 8. The van der Waals surface area contributed by atoms with Crippen molar-refractivity contribution in [3.8, 4) is 0 Å². The summed E-state index contributed by atoms with van der Waals surface area (Å²) in [7, 11) is 6.31. The largest absolute Gasteiger partial charge is 0.588 e. The highest BCUT2D eigenvalue weighted by atomic mass is 19.4. The summed E-state index contributed by atoms with van der Waals surface area (Å²) in [6, 6.07) is 11.4. The fraction of sp³-hybridized carbons (Fsp3) is 0.462. The lowest BCUT2D eigenvalue weighted by atomic mass is 9.71. The van der Waals surface area contributed by atoms with Gasteiger partial charge in [-0.1, -0.05) is 24.3 Å². The number of fused-ring (bicyclic) bond motifs is 3. The maximum atomic E-state index is 13.9. The summed E-state index contributed by atoms with van der Waals surface area (Å²) in [6.07, 6.45) is -3.79. The van der Waals surface area contributed by atoms with Gasteiger partial charge in [0.2, 0.25) is 0 Å². The first-order valence-electron chi connectivity index (χ1n) is 11.7. The number of hydrogen-bond donors (Lipinski definition) is 0. The summed E-state index contributed by atoms with van der Waals surface area (Å²) in [5, 5.41) is 0. The van der Waals surface area contributed by atoms with Gasteiger partial charge in [0.1, 0.15) is 11.6 Å². The summed E-state index contributed by atoms with van der Waals surface area (Å²) in [4.78, 5) is 25.7. The van der Waals surface area contributed by atoms with E-state index in [1.54, 1.807) is 18.2 Å². The molecule has 3 saturated heterocycles. The molecule has 0 N–H and O–H groups in total. The number of nitrogens with zero attached hydrogens (tertiary/aromatic N) is 1. The minimum Gasteiger partial charge on any atom is -0.588 e. The van der Waals surface area contributed by atoms with Crippen molar-refractivity contribution >= 4 is 19.5 Å². The second-order valence-corrected chi connectivity index (χ2v) is 9.83. The number of benzene rings is 2. The highest BCUT2D eigenvalue weighted by molar-refractivity contribution is 6.10. The molecular formula is C26H27BF4NO2. The predicted molar refractivity (Wildman–Crippen MR) is 121 cm³/mol. The number of quaternary nitrogens is 1. The molecule has 0 amide bonds. The zero-order valence-electron chi connectivity index (χ0n) is 18.9. The van der Waals surface area contributed by atoms with E-state index in [9.17, 15) is 27.2 Å². The normalized spacial score (nSPS) is 25.2. The van der Waals surface area contributed by atoms with Gasteiger partial charge in [0.15, 0.2) is 5.78 Å². The van der Waals surface area contributed by atoms with Crippen LogP contribution < -0.4 is 0 Å². The third kappa shape index (κ3) is 5.60. The Kier molecular flexibility index (Phi) is 6.99. The van der Waals surface area contributed by atoms with Crippen molar-refractivity contribution < 1.29 is 31.5 Å². The summed E-state index contributed by atoms with van der Waals surface area (Å²) in [6.45, 7) is 2.13. The molecule has 2 aromatic rings. The van der Waals surface area contributed by atoms with Crippen molar-refractivity contribution in [2.75, 3.05) is 19.6 Å². The molecule has 0 unspecified atom stereocenters. The molecule has 34 heavy (non-hydrogen) atoms. The van der Waals surface area contributed by atoms with Gasteiger partial charge in [0, 0.05) is 49.5 Å². The van der Waals surface area contributed by atoms with Gasteiger partial charge in [0.25, 0.3) is 0 Å². The lowest BCUT2D eigenvalue weighted by molar-refractivity contribution is -0.841. The van der Waals surface area contributed by atoms with E-state index in [1.165, 1.54) is 18.2 Å². The Morgan fingerprint density at radius 1 is 1.03 bits per heavy atom. The lowest BCUT2D eigenvalue weighted by Crippen LogP contribution is -2.60. The third-order valence-electron chi connectivity index (χ3n) is 7.44. The monoisotopic (exact) mass is 472 g/mol. The number of piperidine rings is 3. The molecular weight excluding hydrogens is 445 g/mol. The van der Waals surface area contributed by atoms with Gasteiger partial charge < -0.3 is 4.39 Å². The summed E-state index contributed by atoms with van der Waals surface area (Å²) < 4.78 is 55.2. The van der Waals surface area contributed by atoms with Crippen molar-refractivity contribution in [3.05, 3.63) is 71.0 Å². The second kappa shape index (κ2) is 9.64. The van der Waals surface area contributed by atoms with Crippen molar-refractivity contribution in [1.82, 2.24) is 0 Å². The zero-order valence-corrected chi connectivity index (χ0v) is 18.9. The molecule has 5 rings (SSSR count). The van der Waals surface area contributed by atoms with Gasteiger partial charge in [-0.3, -0.25) is 9.59 Å². The Balaban J connectivity index is 1.46. The molecule has 8 heteroatoms. The fourth-order valence-corrected chi connectivity index (χ4v) is 5.55. The molecule has 0 saturated carbocycles. The number of halogens is 4. The lowest BCUT2D eigenvalue weighted by Gasteiger charge is -2.62. The van der Waals surface area contributed by atoms with Gasteiger partial charge in [-0.05, 0) is 55.0 Å². The van der Waals surface area contributed by atoms with Crippen LogP contribution in [0.4, 0.5) is 17.6 Å². The van der Waals surface area contributed by atoms with Crippen LogP contribution in [0.1, 0.15) is 47.2 Å². The predicted octanol–water partition coefficient (Wildman–Crippen LogP) is 5.07. The Morgan fingerprint density at radius 2 is 1.68 bits per heavy atom. The molecule has 3 aliphatic heterocycles. The fourth-order valence-electron chi connectivity index (χ4n) is 5.55. The molecule has 3 radical (unpaired) electrons. The van der Waals surface area contributed by atoms with Crippen LogP contribution in [-0.4, -0.2) is 49.8 Å². The molecule has 3 aliphatic rings. The number of alkyl halides is 3. The Hall–Kier alpha value is -2.48. The molecule has 3 nitrogen and oxygen atoms in total.